The third kappa shape index (κ3) is 3.21. The van der Waals surface area contributed by atoms with Crippen LogP contribution in [0.5, 0.6) is 5.88 Å². The molecular weight excluding hydrogens is 212 g/mol. The highest BCUT2D eigenvalue weighted by Gasteiger charge is 1.96. The number of aryl methyl sites for hydroxylation is 1. The predicted molar refractivity (Wildman–Crippen MR) is 69.3 cm³/mol. The van der Waals surface area contributed by atoms with Gasteiger partial charge in [-0.3, -0.25) is 0 Å². The second-order valence-electron chi connectivity index (χ2n) is 3.93. The third-order valence-electron chi connectivity index (χ3n) is 2.52. The quantitative estimate of drug-likeness (QED) is 0.873. The maximum absolute atomic E-state index is 5.01. The summed E-state index contributed by atoms with van der Waals surface area (Å²) in [6.45, 7) is 2.90. The zero-order valence-corrected chi connectivity index (χ0v) is 10.1. The molecule has 1 heterocycles. The fourth-order valence-electron chi connectivity index (χ4n) is 1.63. The summed E-state index contributed by atoms with van der Waals surface area (Å²) < 4.78 is 5.01. The minimum absolute atomic E-state index is 0.631. The van der Waals surface area contributed by atoms with Crippen LogP contribution in [0.2, 0.25) is 0 Å². The van der Waals surface area contributed by atoms with Crippen LogP contribution in [0.1, 0.15) is 11.1 Å². The van der Waals surface area contributed by atoms with Crippen molar-refractivity contribution in [3.05, 3.63) is 53.7 Å². The molecule has 2 rings (SSSR count). The first-order valence-electron chi connectivity index (χ1n) is 5.57. The summed E-state index contributed by atoms with van der Waals surface area (Å²) in [6.07, 6.45) is 1.77. The van der Waals surface area contributed by atoms with Crippen LogP contribution in [0.3, 0.4) is 0 Å². The highest BCUT2D eigenvalue weighted by atomic mass is 16.5. The molecule has 17 heavy (non-hydrogen) atoms. The predicted octanol–water partition coefficient (Wildman–Crippen LogP) is 3.01. The lowest BCUT2D eigenvalue weighted by molar-refractivity contribution is 0.398. The number of aromatic nitrogens is 1. The van der Waals surface area contributed by atoms with E-state index in [0.29, 0.717) is 5.88 Å². The van der Waals surface area contributed by atoms with E-state index in [2.05, 4.69) is 41.5 Å². The SMILES string of the molecule is COc1ccc(NCc2cccc(C)c2)cn1. The summed E-state index contributed by atoms with van der Waals surface area (Å²) in [7, 11) is 1.61. The zero-order valence-electron chi connectivity index (χ0n) is 10.1. The fraction of sp³-hybridized carbons (Fsp3) is 0.214. The Kier molecular flexibility index (Phi) is 3.60. The largest absolute Gasteiger partial charge is 0.481 e. The van der Waals surface area contributed by atoms with E-state index in [0.717, 1.165) is 12.2 Å². The second-order valence-corrected chi connectivity index (χ2v) is 3.93. The lowest BCUT2D eigenvalue weighted by Crippen LogP contribution is -2.00. The number of benzene rings is 1. The second kappa shape index (κ2) is 5.34. The molecule has 0 atom stereocenters. The molecule has 0 unspecified atom stereocenters. The van der Waals surface area contributed by atoms with Crippen molar-refractivity contribution < 1.29 is 4.74 Å². The number of rotatable bonds is 4. The summed E-state index contributed by atoms with van der Waals surface area (Å²) in [5.74, 6) is 0.631. The number of methoxy groups -OCH3 is 1. The molecule has 2 aromatic rings. The Labute approximate surface area is 101 Å². The molecule has 3 heteroatoms. The molecule has 0 saturated carbocycles. The van der Waals surface area contributed by atoms with Crippen LogP contribution in [-0.2, 0) is 6.54 Å². The van der Waals surface area contributed by atoms with E-state index in [4.69, 9.17) is 4.74 Å². The van der Waals surface area contributed by atoms with Gasteiger partial charge in [0, 0.05) is 12.6 Å². The van der Waals surface area contributed by atoms with Gasteiger partial charge in [0.1, 0.15) is 0 Å². The van der Waals surface area contributed by atoms with E-state index in [9.17, 15) is 0 Å². The first-order valence-corrected chi connectivity index (χ1v) is 5.57. The molecule has 88 valence electrons. The van der Waals surface area contributed by atoms with Gasteiger partial charge in [0.05, 0.1) is 19.0 Å². The van der Waals surface area contributed by atoms with Gasteiger partial charge in [0.2, 0.25) is 5.88 Å². The molecule has 0 spiro atoms. The average molecular weight is 228 g/mol. The molecule has 1 N–H and O–H groups in total. The van der Waals surface area contributed by atoms with E-state index in [1.807, 2.05) is 12.1 Å². The van der Waals surface area contributed by atoms with Crippen molar-refractivity contribution in [2.24, 2.45) is 0 Å². The number of nitrogens with one attached hydrogen (secondary N) is 1. The number of pyridine rings is 1. The van der Waals surface area contributed by atoms with Crippen molar-refractivity contribution in [1.29, 1.82) is 0 Å². The Balaban J connectivity index is 1.97. The standard InChI is InChI=1S/C14H16N2O/c1-11-4-3-5-12(8-11)9-15-13-6-7-14(17-2)16-10-13/h3-8,10,15H,9H2,1-2H3. The molecule has 0 amide bonds. The van der Waals surface area contributed by atoms with Gasteiger partial charge >= 0.3 is 0 Å². The first kappa shape index (κ1) is 11.5. The van der Waals surface area contributed by atoms with Crippen molar-refractivity contribution in [3.8, 4) is 5.88 Å². The number of hydrogen-bond donors (Lipinski definition) is 1. The average Bonchev–Trinajstić information content (AvgIpc) is 2.37. The number of ether oxygens (including phenoxy) is 1. The van der Waals surface area contributed by atoms with Gasteiger partial charge < -0.3 is 10.1 Å². The Bertz CT molecular complexity index is 480. The summed E-state index contributed by atoms with van der Waals surface area (Å²) in [5.41, 5.74) is 3.53. The summed E-state index contributed by atoms with van der Waals surface area (Å²) >= 11 is 0. The van der Waals surface area contributed by atoms with Crippen LogP contribution in [0, 0.1) is 6.92 Å². The maximum atomic E-state index is 5.01. The van der Waals surface area contributed by atoms with Crippen LogP contribution in [0.25, 0.3) is 0 Å². The highest BCUT2D eigenvalue weighted by molar-refractivity contribution is 5.42. The number of hydrogen-bond acceptors (Lipinski definition) is 3. The summed E-state index contributed by atoms with van der Waals surface area (Å²) in [4.78, 5) is 4.14. The fourth-order valence-corrected chi connectivity index (χ4v) is 1.63. The van der Waals surface area contributed by atoms with Gasteiger partial charge in [-0.1, -0.05) is 29.8 Å². The van der Waals surface area contributed by atoms with Crippen molar-refractivity contribution in [1.82, 2.24) is 4.98 Å². The maximum Gasteiger partial charge on any atom is 0.213 e. The molecule has 0 aliphatic carbocycles. The molecule has 0 aliphatic rings. The Hall–Kier alpha value is -2.03. The molecule has 0 saturated heterocycles. The van der Waals surface area contributed by atoms with Gasteiger partial charge in [0.15, 0.2) is 0 Å². The van der Waals surface area contributed by atoms with Crippen LogP contribution >= 0.6 is 0 Å². The first-order chi connectivity index (χ1) is 8.28. The molecule has 1 aromatic carbocycles. The van der Waals surface area contributed by atoms with Gasteiger partial charge in [-0.25, -0.2) is 4.98 Å². The smallest absolute Gasteiger partial charge is 0.213 e. The Morgan fingerprint density at radius 3 is 2.76 bits per heavy atom. The van der Waals surface area contributed by atoms with Crippen LogP contribution in [0.4, 0.5) is 5.69 Å². The molecule has 1 aromatic heterocycles. The topological polar surface area (TPSA) is 34.1 Å². The van der Waals surface area contributed by atoms with E-state index in [1.54, 1.807) is 13.3 Å². The molecule has 0 radical (unpaired) electrons. The minimum Gasteiger partial charge on any atom is -0.481 e. The number of nitrogens with zero attached hydrogens (tertiary/aromatic N) is 1. The van der Waals surface area contributed by atoms with E-state index in [-0.39, 0.29) is 0 Å². The highest BCUT2D eigenvalue weighted by Crippen LogP contribution is 2.12. The van der Waals surface area contributed by atoms with E-state index < -0.39 is 0 Å². The van der Waals surface area contributed by atoms with Gasteiger partial charge in [-0.2, -0.15) is 0 Å². The molecule has 0 bridgehead atoms. The van der Waals surface area contributed by atoms with E-state index in [1.165, 1.54) is 11.1 Å². The summed E-state index contributed by atoms with van der Waals surface area (Å²) in [5, 5.41) is 3.32. The Morgan fingerprint density at radius 1 is 1.24 bits per heavy atom. The Morgan fingerprint density at radius 2 is 2.12 bits per heavy atom. The minimum atomic E-state index is 0.631. The van der Waals surface area contributed by atoms with Gasteiger partial charge in [0.25, 0.3) is 0 Å². The molecular formula is C14H16N2O. The van der Waals surface area contributed by atoms with Crippen LogP contribution in [0.15, 0.2) is 42.6 Å². The van der Waals surface area contributed by atoms with Gasteiger partial charge in [-0.15, -0.1) is 0 Å². The van der Waals surface area contributed by atoms with Crippen LogP contribution in [-0.4, -0.2) is 12.1 Å². The van der Waals surface area contributed by atoms with Crippen molar-refractivity contribution in [2.75, 3.05) is 12.4 Å². The van der Waals surface area contributed by atoms with Crippen molar-refractivity contribution in [3.63, 3.8) is 0 Å². The monoisotopic (exact) mass is 228 g/mol. The summed E-state index contributed by atoms with van der Waals surface area (Å²) in [6, 6.07) is 12.2. The molecule has 0 fully saturated rings. The molecule has 0 aliphatic heterocycles. The lowest BCUT2D eigenvalue weighted by Gasteiger charge is -2.07. The lowest BCUT2D eigenvalue weighted by atomic mass is 10.1. The zero-order chi connectivity index (χ0) is 12.1. The number of anilines is 1. The van der Waals surface area contributed by atoms with Crippen molar-refractivity contribution in [2.45, 2.75) is 13.5 Å². The molecule has 3 nitrogen and oxygen atoms in total. The van der Waals surface area contributed by atoms with Crippen LogP contribution < -0.4 is 10.1 Å². The van der Waals surface area contributed by atoms with Crippen molar-refractivity contribution >= 4 is 5.69 Å². The normalized spacial score (nSPS) is 10.0. The van der Waals surface area contributed by atoms with E-state index >= 15 is 0 Å². The van der Waals surface area contributed by atoms with Gasteiger partial charge in [-0.05, 0) is 18.6 Å². The third-order valence-corrected chi connectivity index (χ3v) is 2.52.